The minimum atomic E-state index is 0.121. The minimum Gasteiger partial charge on any atom is -0.237 e. The third-order valence-corrected chi connectivity index (χ3v) is 4.11. The monoisotopic (exact) mass is 292 g/mol. The summed E-state index contributed by atoms with van der Waals surface area (Å²) in [6.45, 7) is 8.46. The maximum atomic E-state index is 6.50. The van der Waals surface area contributed by atoms with Crippen molar-refractivity contribution in [1.82, 2.24) is 9.97 Å². The van der Waals surface area contributed by atoms with Gasteiger partial charge in [0.1, 0.15) is 0 Å². The van der Waals surface area contributed by atoms with Gasteiger partial charge in [0, 0.05) is 27.1 Å². The number of hydrogen-bond acceptors (Lipinski definition) is 3. The molecule has 19 heavy (non-hydrogen) atoms. The number of aromatic nitrogens is 2. The molecule has 0 atom stereocenters. The molecule has 0 aliphatic rings. The molecule has 0 fully saturated rings. The summed E-state index contributed by atoms with van der Waals surface area (Å²) in [6, 6.07) is 7.88. The molecule has 1 aromatic heterocycles. The number of thioether (sulfide) groups is 1. The lowest BCUT2D eigenvalue weighted by atomic mass is 10.2. The Morgan fingerprint density at radius 2 is 1.89 bits per heavy atom. The van der Waals surface area contributed by atoms with E-state index in [9.17, 15) is 0 Å². The van der Waals surface area contributed by atoms with Gasteiger partial charge < -0.3 is 0 Å². The zero-order chi connectivity index (χ0) is 14.0. The zero-order valence-corrected chi connectivity index (χ0v) is 13.1. The molecule has 100 valence electrons. The average molecular weight is 293 g/mol. The van der Waals surface area contributed by atoms with Crippen molar-refractivity contribution < 1.29 is 0 Å². The summed E-state index contributed by atoms with van der Waals surface area (Å²) in [7, 11) is 0. The summed E-state index contributed by atoms with van der Waals surface area (Å²) in [6.07, 6.45) is 1.76. The van der Waals surface area contributed by atoms with Crippen LogP contribution in [0.2, 0.25) is 5.02 Å². The quantitative estimate of drug-likeness (QED) is 0.729. The van der Waals surface area contributed by atoms with E-state index in [1.54, 1.807) is 18.0 Å². The van der Waals surface area contributed by atoms with Crippen LogP contribution in [-0.2, 0) is 0 Å². The van der Waals surface area contributed by atoms with Crippen molar-refractivity contribution in [2.24, 2.45) is 0 Å². The number of hydrogen-bond donors (Lipinski definition) is 0. The molecule has 0 aliphatic carbocycles. The van der Waals surface area contributed by atoms with E-state index in [0.717, 1.165) is 21.2 Å². The third-order valence-electron chi connectivity index (χ3n) is 2.42. The highest BCUT2D eigenvalue weighted by Crippen LogP contribution is 2.40. The maximum absolute atomic E-state index is 6.50. The van der Waals surface area contributed by atoms with E-state index in [1.807, 2.05) is 31.2 Å². The number of rotatable bonds is 2. The fourth-order valence-corrected chi connectivity index (χ4v) is 3.00. The van der Waals surface area contributed by atoms with Gasteiger partial charge >= 0.3 is 0 Å². The molecule has 0 spiro atoms. The molecular weight excluding hydrogens is 276 g/mol. The lowest BCUT2D eigenvalue weighted by Crippen LogP contribution is -2.06. The number of aryl methyl sites for hydroxylation is 1. The number of benzene rings is 1. The number of halogens is 1. The van der Waals surface area contributed by atoms with Crippen LogP contribution in [0.4, 0.5) is 0 Å². The van der Waals surface area contributed by atoms with Crippen LogP contribution < -0.4 is 0 Å². The molecule has 0 bridgehead atoms. The van der Waals surface area contributed by atoms with Crippen LogP contribution in [-0.4, -0.2) is 14.7 Å². The van der Waals surface area contributed by atoms with Crippen LogP contribution in [0, 0.1) is 6.92 Å². The SMILES string of the molecule is Cc1ccnc(-c2cccc(SC(C)(C)C)c2Cl)n1. The first-order valence-electron chi connectivity index (χ1n) is 6.14. The van der Waals surface area contributed by atoms with Gasteiger partial charge in [0.05, 0.1) is 5.02 Å². The van der Waals surface area contributed by atoms with Crippen LogP contribution in [0.1, 0.15) is 26.5 Å². The van der Waals surface area contributed by atoms with Gasteiger partial charge in [-0.3, -0.25) is 0 Å². The van der Waals surface area contributed by atoms with Crippen molar-refractivity contribution in [1.29, 1.82) is 0 Å². The van der Waals surface area contributed by atoms with Gasteiger partial charge in [-0.1, -0.05) is 38.4 Å². The van der Waals surface area contributed by atoms with Gasteiger partial charge in [-0.05, 0) is 25.1 Å². The predicted octanol–water partition coefficient (Wildman–Crippen LogP) is 5.00. The first kappa shape index (κ1) is 14.4. The lowest BCUT2D eigenvalue weighted by Gasteiger charge is -2.19. The molecule has 4 heteroatoms. The first-order chi connectivity index (χ1) is 8.87. The molecule has 1 aromatic carbocycles. The molecule has 2 aromatic rings. The van der Waals surface area contributed by atoms with Gasteiger partial charge in [-0.25, -0.2) is 9.97 Å². The summed E-state index contributed by atoms with van der Waals surface area (Å²) in [5, 5.41) is 0.730. The standard InChI is InChI=1S/C15H17ClN2S/c1-10-8-9-17-14(18-10)11-6-5-7-12(13(11)16)19-15(2,3)4/h5-9H,1-4H3. The van der Waals surface area contributed by atoms with E-state index >= 15 is 0 Å². The summed E-state index contributed by atoms with van der Waals surface area (Å²) >= 11 is 8.25. The van der Waals surface area contributed by atoms with Crippen LogP contribution in [0.5, 0.6) is 0 Å². The molecular formula is C15H17ClN2S. The summed E-state index contributed by atoms with van der Waals surface area (Å²) in [5.41, 5.74) is 1.83. The second-order valence-electron chi connectivity index (χ2n) is 5.35. The van der Waals surface area contributed by atoms with Crippen molar-refractivity contribution in [2.75, 3.05) is 0 Å². The Hall–Kier alpha value is -1.06. The number of nitrogens with zero attached hydrogens (tertiary/aromatic N) is 2. The van der Waals surface area contributed by atoms with Crippen molar-refractivity contribution in [3.63, 3.8) is 0 Å². The average Bonchev–Trinajstić information content (AvgIpc) is 2.30. The second-order valence-corrected chi connectivity index (χ2v) is 7.60. The molecule has 0 aliphatic heterocycles. The molecule has 2 nitrogen and oxygen atoms in total. The molecule has 0 radical (unpaired) electrons. The summed E-state index contributed by atoms with van der Waals surface area (Å²) in [4.78, 5) is 9.81. The highest BCUT2D eigenvalue weighted by Gasteiger charge is 2.17. The molecule has 0 N–H and O–H groups in total. The molecule has 0 saturated heterocycles. The van der Waals surface area contributed by atoms with Crippen molar-refractivity contribution >= 4 is 23.4 Å². The smallest absolute Gasteiger partial charge is 0.160 e. The maximum Gasteiger partial charge on any atom is 0.160 e. The molecule has 0 saturated carbocycles. The van der Waals surface area contributed by atoms with Crippen molar-refractivity contribution in [3.05, 3.63) is 41.2 Å². The Morgan fingerprint density at radius 1 is 1.16 bits per heavy atom. The van der Waals surface area contributed by atoms with Crippen molar-refractivity contribution in [2.45, 2.75) is 37.3 Å². The Bertz CT molecular complexity index is 591. The third kappa shape index (κ3) is 3.71. The molecule has 0 unspecified atom stereocenters. The fourth-order valence-electron chi connectivity index (χ4n) is 1.67. The van der Waals surface area contributed by atoms with Crippen LogP contribution in [0.3, 0.4) is 0 Å². The fraction of sp³-hybridized carbons (Fsp3) is 0.333. The van der Waals surface area contributed by atoms with Crippen molar-refractivity contribution in [3.8, 4) is 11.4 Å². The Balaban J connectivity index is 2.46. The van der Waals surface area contributed by atoms with Gasteiger partial charge in [0.2, 0.25) is 0 Å². The molecule has 0 amide bonds. The molecule has 1 heterocycles. The highest BCUT2D eigenvalue weighted by molar-refractivity contribution is 8.00. The zero-order valence-electron chi connectivity index (χ0n) is 11.6. The predicted molar refractivity (Wildman–Crippen MR) is 82.8 cm³/mol. The second kappa shape index (κ2) is 5.51. The minimum absolute atomic E-state index is 0.121. The van der Waals surface area contributed by atoms with E-state index < -0.39 is 0 Å². The normalized spacial score (nSPS) is 11.6. The van der Waals surface area contributed by atoms with Crippen LogP contribution in [0.15, 0.2) is 35.4 Å². The van der Waals surface area contributed by atoms with Crippen LogP contribution in [0.25, 0.3) is 11.4 Å². The van der Waals surface area contributed by atoms with Gasteiger partial charge in [0.25, 0.3) is 0 Å². The Morgan fingerprint density at radius 3 is 2.53 bits per heavy atom. The Kier molecular flexibility index (Phi) is 4.16. The van der Waals surface area contributed by atoms with Gasteiger partial charge in [-0.15, -0.1) is 11.8 Å². The van der Waals surface area contributed by atoms with Gasteiger partial charge in [-0.2, -0.15) is 0 Å². The van der Waals surface area contributed by atoms with E-state index in [0.29, 0.717) is 5.82 Å². The summed E-state index contributed by atoms with van der Waals surface area (Å²) < 4.78 is 0.121. The van der Waals surface area contributed by atoms with Gasteiger partial charge in [0.15, 0.2) is 5.82 Å². The Labute approximate surface area is 123 Å². The topological polar surface area (TPSA) is 25.8 Å². The molecule has 2 rings (SSSR count). The highest BCUT2D eigenvalue weighted by atomic mass is 35.5. The lowest BCUT2D eigenvalue weighted by molar-refractivity contribution is 0.803. The van der Waals surface area contributed by atoms with E-state index in [-0.39, 0.29) is 4.75 Å². The van der Waals surface area contributed by atoms with Crippen LogP contribution >= 0.6 is 23.4 Å². The first-order valence-corrected chi connectivity index (χ1v) is 7.34. The van der Waals surface area contributed by atoms with E-state index in [1.165, 1.54) is 0 Å². The summed E-state index contributed by atoms with van der Waals surface area (Å²) in [5.74, 6) is 0.682. The largest absolute Gasteiger partial charge is 0.237 e. The van der Waals surface area contributed by atoms with E-state index in [4.69, 9.17) is 11.6 Å². The van der Waals surface area contributed by atoms with E-state index in [2.05, 4.69) is 30.7 Å².